The van der Waals surface area contributed by atoms with Gasteiger partial charge in [-0.1, -0.05) is 13.8 Å². The zero-order valence-corrected chi connectivity index (χ0v) is 12.8. The van der Waals surface area contributed by atoms with Gasteiger partial charge in [0.25, 0.3) is 0 Å². The average molecular weight is 267 g/mol. The molecular formula is C15H25NOS. The van der Waals surface area contributed by atoms with E-state index in [1.807, 2.05) is 18.4 Å². The molecule has 3 unspecified atom stereocenters. The molecule has 0 aliphatic heterocycles. The van der Waals surface area contributed by atoms with Crippen molar-refractivity contribution >= 4 is 11.3 Å². The Bertz CT molecular complexity index is 388. The van der Waals surface area contributed by atoms with Crippen LogP contribution in [-0.2, 0) is 11.2 Å². The van der Waals surface area contributed by atoms with E-state index in [1.54, 1.807) is 4.88 Å². The SMILES string of the molecule is CCNC(C)Cc1cc2c(s1)C(C)CCC2OC. The molecule has 3 atom stereocenters. The Morgan fingerprint density at radius 2 is 2.28 bits per heavy atom. The Morgan fingerprint density at radius 3 is 2.94 bits per heavy atom. The fraction of sp³-hybridized carbons (Fsp3) is 0.733. The van der Waals surface area contributed by atoms with Gasteiger partial charge in [0, 0.05) is 22.9 Å². The van der Waals surface area contributed by atoms with Crippen molar-refractivity contribution in [1.82, 2.24) is 5.32 Å². The van der Waals surface area contributed by atoms with Gasteiger partial charge in [0.2, 0.25) is 0 Å². The number of ether oxygens (including phenoxy) is 1. The summed E-state index contributed by atoms with van der Waals surface area (Å²) in [5.74, 6) is 0.708. The standard InChI is InChI=1S/C15H25NOS/c1-5-16-11(3)8-12-9-13-14(17-4)7-6-10(2)15(13)18-12/h9-11,14,16H,5-8H2,1-4H3. The highest BCUT2D eigenvalue weighted by Gasteiger charge is 2.27. The van der Waals surface area contributed by atoms with Gasteiger partial charge in [0.05, 0.1) is 6.10 Å². The highest BCUT2D eigenvalue weighted by molar-refractivity contribution is 7.12. The zero-order valence-electron chi connectivity index (χ0n) is 12.0. The molecule has 2 nitrogen and oxygen atoms in total. The van der Waals surface area contributed by atoms with E-state index in [-0.39, 0.29) is 0 Å². The van der Waals surface area contributed by atoms with Gasteiger partial charge in [-0.25, -0.2) is 0 Å². The van der Waals surface area contributed by atoms with E-state index in [1.165, 1.54) is 23.3 Å². The fourth-order valence-corrected chi connectivity index (χ4v) is 4.30. The van der Waals surface area contributed by atoms with E-state index < -0.39 is 0 Å². The first-order valence-corrected chi connectivity index (χ1v) is 7.86. The minimum atomic E-state index is 0.329. The van der Waals surface area contributed by atoms with Crippen LogP contribution in [0.1, 0.15) is 61.0 Å². The van der Waals surface area contributed by atoms with Crippen molar-refractivity contribution in [3.63, 3.8) is 0 Å². The molecule has 18 heavy (non-hydrogen) atoms. The topological polar surface area (TPSA) is 21.3 Å². The van der Waals surface area contributed by atoms with Crippen molar-refractivity contribution in [2.75, 3.05) is 13.7 Å². The summed E-state index contributed by atoms with van der Waals surface area (Å²) in [4.78, 5) is 3.07. The molecular weight excluding hydrogens is 242 g/mol. The molecule has 1 aromatic rings. The zero-order chi connectivity index (χ0) is 13.1. The van der Waals surface area contributed by atoms with Crippen LogP contribution >= 0.6 is 11.3 Å². The predicted octanol–water partition coefficient (Wildman–Crippen LogP) is 3.87. The number of rotatable bonds is 5. The first-order chi connectivity index (χ1) is 8.65. The summed E-state index contributed by atoms with van der Waals surface area (Å²) < 4.78 is 5.62. The summed E-state index contributed by atoms with van der Waals surface area (Å²) in [5, 5.41) is 3.49. The van der Waals surface area contributed by atoms with Crippen LogP contribution in [0.25, 0.3) is 0 Å². The van der Waals surface area contributed by atoms with E-state index in [0.29, 0.717) is 18.1 Å². The Kier molecular flexibility index (Phi) is 4.82. The molecule has 0 saturated carbocycles. The first kappa shape index (κ1) is 14.0. The molecule has 1 aliphatic carbocycles. The van der Waals surface area contributed by atoms with E-state index in [2.05, 4.69) is 32.2 Å². The second-order valence-corrected chi connectivity index (χ2v) is 6.57. The Hall–Kier alpha value is -0.380. The molecule has 102 valence electrons. The van der Waals surface area contributed by atoms with Gasteiger partial charge in [-0.3, -0.25) is 0 Å². The molecule has 0 aromatic carbocycles. The van der Waals surface area contributed by atoms with Gasteiger partial charge in [-0.2, -0.15) is 0 Å². The molecule has 0 fully saturated rings. The van der Waals surface area contributed by atoms with E-state index in [9.17, 15) is 0 Å². The van der Waals surface area contributed by atoms with Crippen molar-refractivity contribution in [2.45, 2.75) is 58.1 Å². The summed E-state index contributed by atoms with van der Waals surface area (Å²) in [7, 11) is 1.84. The Balaban J connectivity index is 2.15. The molecule has 1 heterocycles. The lowest BCUT2D eigenvalue weighted by Crippen LogP contribution is -2.27. The van der Waals surface area contributed by atoms with Gasteiger partial charge in [-0.15, -0.1) is 11.3 Å². The van der Waals surface area contributed by atoms with Crippen LogP contribution in [0.2, 0.25) is 0 Å². The van der Waals surface area contributed by atoms with Crippen LogP contribution < -0.4 is 5.32 Å². The van der Waals surface area contributed by atoms with Crippen LogP contribution in [0.15, 0.2) is 6.07 Å². The van der Waals surface area contributed by atoms with E-state index in [0.717, 1.165) is 13.0 Å². The lowest BCUT2D eigenvalue weighted by molar-refractivity contribution is 0.0859. The van der Waals surface area contributed by atoms with Crippen LogP contribution in [0.3, 0.4) is 0 Å². The molecule has 0 bridgehead atoms. The van der Waals surface area contributed by atoms with Crippen LogP contribution in [-0.4, -0.2) is 19.7 Å². The van der Waals surface area contributed by atoms with Gasteiger partial charge in [0.1, 0.15) is 0 Å². The number of methoxy groups -OCH3 is 1. The average Bonchev–Trinajstić information content (AvgIpc) is 2.74. The monoisotopic (exact) mass is 267 g/mol. The summed E-state index contributed by atoms with van der Waals surface area (Å²) in [6, 6.07) is 2.95. The van der Waals surface area contributed by atoms with Crippen molar-refractivity contribution < 1.29 is 4.74 Å². The molecule has 1 N–H and O–H groups in total. The normalized spacial score (nSPS) is 24.9. The van der Waals surface area contributed by atoms with Gasteiger partial charge < -0.3 is 10.1 Å². The third kappa shape index (κ3) is 2.95. The lowest BCUT2D eigenvalue weighted by Gasteiger charge is -2.25. The predicted molar refractivity (Wildman–Crippen MR) is 78.6 cm³/mol. The molecule has 0 spiro atoms. The summed E-state index contributed by atoms with van der Waals surface area (Å²) in [5.41, 5.74) is 1.46. The molecule has 3 heteroatoms. The largest absolute Gasteiger partial charge is 0.377 e. The van der Waals surface area contributed by atoms with Crippen LogP contribution in [0.4, 0.5) is 0 Å². The van der Waals surface area contributed by atoms with Crippen LogP contribution in [0, 0.1) is 0 Å². The number of nitrogens with one attached hydrogen (secondary N) is 1. The smallest absolute Gasteiger partial charge is 0.0832 e. The summed E-state index contributed by atoms with van der Waals surface area (Å²) in [6.07, 6.45) is 3.89. The number of likely N-dealkylation sites (N-methyl/N-ethyl adjacent to an activating group) is 1. The molecule has 1 aromatic heterocycles. The highest BCUT2D eigenvalue weighted by atomic mass is 32.1. The molecule has 0 radical (unpaired) electrons. The maximum absolute atomic E-state index is 5.62. The summed E-state index contributed by atoms with van der Waals surface area (Å²) in [6.45, 7) is 7.82. The van der Waals surface area contributed by atoms with Crippen LogP contribution in [0.5, 0.6) is 0 Å². The maximum atomic E-state index is 5.62. The first-order valence-electron chi connectivity index (χ1n) is 7.04. The summed E-state index contributed by atoms with van der Waals surface area (Å²) >= 11 is 2.00. The second kappa shape index (κ2) is 6.18. The number of fused-ring (bicyclic) bond motifs is 1. The molecule has 0 saturated heterocycles. The van der Waals surface area contributed by atoms with Crippen molar-refractivity contribution in [3.05, 3.63) is 21.4 Å². The molecule has 1 aliphatic rings. The van der Waals surface area contributed by atoms with Gasteiger partial charge in [0.15, 0.2) is 0 Å². The Morgan fingerprint density at radius 1 is 1.50 bits per heavy atom. The fourth-order valence-electron chi connectivity index (χ4n) is 2.87. The third-order valence-electron chi connectivity index (χ3n) is 3.84. The number of hydrogen-bond donors (Lipinski definition) is 1. The molecule has 2 rings (SSSR count). The quantitative estimate of drug-likeness (QED) is 0.874. The molecule has 0 amide bonds. The third-order valence-corrected chi connectivity index (χ3v) is 5.25. The highest BCUT2D eigenvalue weighted by Crippen LogP contribution is 2.43. The number of thiophene rings is 1. The van der Waals surface area contributed by atoms with Crippen molar-refractivity contribution in [2.24, 2.45) is 0 Å². The number of hydrogen-bond acceptors (Lipinski definition) is 3. The van der Waals surface area contributed by atoms with Crippen molar-refractivity contribution in [3.8, 4) is 0 Å². The van der Waals surface area contributed by atoms with E-state index in [4.69, 9.17) is 4.74 Å². The van der Waals surface area contributed by atoms with Gasteiger partial charge >= 0.3 is 0 Å². The minimum Gasteiger partial charge on any atom is -0.377 e. The van der Waals surface area contributed by atoms with Crippen molar-refractivity contribution in [1.29, 1.82) is 0 Å². The van der Waals surface area contributed by atoms with Gasteiger partial charge in [-0.05, 0) is 50.3 Å². The second-order valence-electron chi connectivity index (χ2n) is 5.40. The minimum absolute atomic E-state index is 0.329. The van der Waals surface area contributed by atoms with E-state index >= 15 is 0 Å². The maximum Gasteiger partial charge on any atom is 0.0832 e. The lowest BCUT2D eigenvalue weighted by atomic mass is 9.88. The Labute approximate surface area is 115 Å².